The van der Waals surface area contributed by atoms with Crippen LogP contribution in [-0.2, 0) is 4.79 Å². The van der Waals surface area contributed by atoms with Crippen molar-refractivity contribution in [1.82, 2.24) is 4.90 Å². The van der Waals surface area contributed by atoms with Gasteiger partial charge in [0.2, 0.25) is 5.91 Å². The molecule has 0 aromatic rings. The van der Waals surface area contributed by atoms with E-state index in [1.54, 1.807) is 0 Å². The van der Waals surface area contributed by atoms with E-state index in [0.29, 0.717) is 23.9 Å². The van der Waals surface area contributed by atoms with Gasteiger partial charge in [-0.25, -0.2) is 0 Å². The van der Waals surface area contributed by atoms with Gasteiger partial charge in [0.05, 0.1) is 12.0 Å². The number of hydrogen-bond acceptors (Lipinski definition) is 2. The molecule has 2 aliphatic heterocycles. The van der Waals surface area contributed by atoms with Gasteiger partial charge in [-0.05, 0) is 44.4 Å². The molecule has 16 heavy (non-hydrogen) atoms. The van der Waals surface area contributed by atoms with Crippen molar-refractivity contribution in [1.29, 1.82) is 0 Å². The van der Waals surface area contributed by atoms with Gasteiger partial charge in [-0.1, -0.05) is 0 Å². The average Bonchev–Trinajstić information content (AvgIpc) is 2.93. The standard InChI is InChI=1S/C13H18N2O/c1-7-2-5-10-14-12-9-4-3-8(6-9)11(12)13(16)15(7)10/h7-9,11-12H,2-6H2,1H3/t7?,8-,9+,11+,12-/m0/s1. The minimum Gasteiger partial charge on any atom is -0.297 e. The van der Waals surface area contributed by atoms with E-state index < -0.39 is 0 Å². The number of amides is 1. The van der Waals surface area contributed by atoms with Crippen LogP contribution in [0.15, 0.2) is 4.99 Å². The fraction of sp³-hybridized carbons (Fsp3) is 0.846. The van der Waals surface area contributed by atoms with Crippen LogP contribution in [0.3, 0.4) is 0 Å². The van der Waals surface area contributed by atoms with Gasteiger partial charge in [0, 0.05) is 12.5 Å². The molecule has 2 heterocycles. The molecule has 1 saturated heterocycles. The summed E-state index contributed by atoms with van der Waals surface area (Å²) >= 11 is 0. The Morgan fingerprint density at radius 1 is 1.25 bits per heavy atom. The van der Waals surface area contributed by atoms with Crippen LogP contribution in [0, 0.1) is 17.8 Å². The third-order valence-electron chi connectivity index (χ3n) is 5.20. The minimum absolute atomic E-state index is 0.253. The summed E-state index contributed by atoms with van der Waals surface area (Å²) in [6.45, 7) is 2.16. The molecule has 5 atom stereocenters. The van der Waals surface area contributed by atoms with Crippen molar-refractivity contribution in [3.8, 4) is 0 Å². The van der Waals surface area contributed by atoms with Crippen LogP contribution in [0.2, 0.25) is 0 Å². The number of rotatable bonds is 0. The minimum atomic E-state index is 0.253. The first-order valence-corrected chi connectivity index (χ1v) is 6.65. The van der Waals surface area contributed by atoms with E-state index in [1.807, 2.05) is 4.90 Å². The highest BCUT2D eigenvalue weighted by Gasteiger charge is 2.55. The van der Waals surface area contributed by atoms with Crippen molar-refractivity contribution < 1.29 is 4.79 Å². The molecular formula is C13H18N2O. The lowest BCUT2D eigenvalue weighted by Gasteiger charge is -2.37. The Morgan fingerprint density at radius 2 is 2.06 bits per heavy atom. The first kappa shape index (κ1) is 9.20. The Hall–Kier alpha value is -0.860. The van der Waals surface area contributed by atoms with Crippen molar-refractivity contribution in [3.05, 3.63) is 0 Å². The zero-order valence-electron chi connectivity index (χ0n) is 9.72. The molecule has 3 nitrogen and oxygen atoms in total. The monoisotopic (exact) mass is 218 g/mol. The first-order chi connectivity index (χ1) is 7.75. The molecule has 1 amide bonds. The molecule has 4 rings (SSSR count). The Morgan fingerprint density at radius 3 is 2.94 bits per heavy atom. The maximum atomic E-state index is 12.5. The number of aliphatic imine (C=N–C) groups is 1. The predicted octanol–water partition coefficient (Wildman–Crippen LogP) is 1.82. The van der Waals surface area contributed by atoms with Gasteiger partial charge < -0.3 is 0 Å². The molecule has 3 heteroatoms. The third-order valence-corrected chi connectivity index (χ3v) is 5.20. The predicted molar refractivity (Wildman–Crippen MR) is 61.1 cm³/mol. The quantitative estimate of drug-likeness (QED) is 0.610. The van der Waals surface area contributed by atoms with E-state index in [0.717, 1.165) is 24.6 Å². The van der Waals surface area contributed by atoms with Gasteiger partial charge in [0.1, 0.15) is 5.84 Å². The molecule has 0 N–H and O–H groups in total. The summed E-state index contributed by atoms with van der Waals surface area (Å²) in [5.41, 5.74) is 0. The molecule has 1 unspecified atom stereocenters. The molecule has 0 spiro atoms. The summed E-state index contributed by atoms with van der Waals surface area (Å²) in [4.78, 5) is 19.5. The lowest BCUT2D eigenvalue weighted by Crippen LogP contribution is -2.50. The summed E-state index contributed by atoms with van der Waals surface area (Å²) < 4.78 is 0. The van der Waals surface area contributed by atoms with E-state index in [4.69, 9.17) is 4.99 Å². The van der Waals surface area contributed by atoms with Crippen LogP contribution in [0.5, 0.6) is 0 Å². The maximum absolute atomic E-state index is 12.5. The Labute approximate surface area is 95.9 Å². The molecule has 86 valence electrons. The van der Waals surface area contributed by atoms with Crippen molar-refractivity contribution in [2.24, 2.45) is 22.7 Å². The van der Waals surface area contributed by atoms with E-state index in [9.17, 15) is 4.79 Å². The maximum Gasteiger partial charge on any atom is 0.233 e. The van der Waals surface area contributed by atoms with Gasteiger partial charge in [0.25, 0.3) is 0 Å². The summed E-state index contributed by atoms with van der Waals surface area (Å²) in [6, 6.07) is 0.758. The van der Waals surface area contributed by atoms with Crippen molar-refractivity contribution in [2.75, 3.05) is 0 Å². The highest BCUT2D eigenvalue weighted by Crippen LogP contribution is 2.52. The lowest BCUT2D eigenvalue weighted by molar-refractivity contribution is -0.135. The van der Waals surface area contributed by atoms with Gasteiger partial charge in [-0.15, -0.1) is 0 Å². The Balaban J connectivity index is 1.78. The summed E-state index contributed by atoms with van der Waals surface area (Å²) in [5.74, 6) is 3.15. The zero-order chi connectivity index (χ0) is 10.9. The second-order valence-electron chi connectivity index (χ2n) is 5.99. The van der Waals surface area contributed by atoms with Crippen LogP contribution < -0.4 is 0 Å². The van der Waals surface area contributed by atoms with Crippen LogP contribution in [0.1, 0.15) is 39.0 Å². The molecule has 2 saturated carbocycles. The van der Waals surface area contributed by atoms with Gasteiger partial charge >= 0.3 is 0 Å². The summed E-state index contributed by atoms with van der Waals surface area (Å²) in [7, 11) is 0. The normalized spacial score (nSPS) is 49.3. The fourth-order valence-corrected chi connectivity index (χ4v) is 4.44. The van der Waals surface area contributed by atoms with Gasteiger partial charge in [-0.2, -0.15) is 0 Å². The zero-order valence-corrected chi connectivity index (χ0v) is 9.72. The smallest absolute Gasteiger partial charge is 0.233 e. The number of fused-ring (bicyclic) bond motifs is 6. The van der Waals surface area contributed by atoms with Crippen LogP contribution in [0.25, 0.3) is 0 Å². The van der Waals surface area contributed by atoms with E-state index in [-0.39, 0.29) is 5.92 Å². The van der Waals surface area contributed by atoms with Crippen LogP contribution in [-0.4, -0.2) is 28.7 Å². The van der Waals surface area contributed by atoms with Crippen molar-refractivity contribution in [2.45, 2.75) is 51.1 Å². The number of hydrogen-bond donors (Lipinski definition) is 0. The highest BCUT2D eigenvalue weighted by molar-refractivity contribution is 6.03. The molecule has 0 aromatic carbocycles. The number of amidine groups is 1. The van der Waals surface area contributed by atoms with Crippen LogP contribution in [0.4, 0.5) is 0 Å². The topological polar surface area (TPSA) is 32.7 Å². The molecular weight excluding hydrogens is 200 g/mol. The van der Waals surface area contributed by atoms with E-state index >= 15 is 0 Å². The van der Waals surface area contributed by atoms with Crippen LogP contribution >= 0.6 is 0 Å². The third kappa shape index (κ3) is 0.950. The molecule has 0 radical (unpaired) electrons. The van der Waals surface area contributed by atoms with E-state index in [2.05, 4.69) is 6.92 Å². The second-order valence-corrected chi connectivity index (χ2v) is 5.99. The molecule has 2 aliphatic carbocycles. The molecule has 2 bridgehead atoms. The second kappa shape index (κ2) is 2.88. The summed E-state index contributed by atoms with van der Waals surface area (Å²) in [6.07, 6.45) is 5.98. The van der Waals surface area contributed by atoms with E-state index in [1.165, 1.54) is 19.3 Å². The number of carbonyl (C=O) groups is 1. The molecule has 3 fully saturated rings. The van der Waals surface area contributed by atoms with Crippen molar-refractivity contribution in [3.63, 3.8) is 0 Å². The van der Waals surface area contributed by atoms with Crippen molar-refractivity contribution >= 4 is 11.7 Å². The number of carbonyl (C=O) groups excluding carboxylic acids is 1. The first-order valence-electron chi connectivity index (χ1n) is 6.65. The lowest BCUT2D eigenvalue weighted by atomic mass is 9.82. The Bertz CT molecular complexity index is 389. The molecule has 0 aromatic heterocycles. The highest BCUT2D eigenvalue weighted by atomic mass is 16.2. The molecule has 4 aliphatic rings. The SMILES string of the molecule is CC1CCC2=N[C@H]3[C@@H]4CC[C@@H](C4)[C@H]3C(=O)N21. The average molecular weight is 218 g/mol. The Kier molecular flexibility index (Phi) is 1.65. The fourth-order valence-electron chi connectivity index (χ4n) is 4.44. The van der Waals surface area contributed by atoms with Gasteiger partial charge in [-0.3, -0.25) is 14.7 Å². The number of nitrogens with zero attached hydrogens (tertiary/aromatic N) is 2. The van der Waals surface area contributed by atoms with Gasteiger partial charge in [0.15, 0.2) is 0 Å². The summed E-state index contributed by atoms with van der Waals surface area (Å²) in [5, 5.41) is 0. The largest absolute Gasteiger partial charge is 0.297 e.